The maximum absolute atomic E-state index is 11.8. The molecule has 2 rings (SSSR count). The Kier molecular flexibility index (Phi) is 4.43. The largest absolute Gasteiger partial charge is 0.449 e. The van der Waals surface area contributed by atoms with Gasteiger partial charge < -0.3 is 15.5 Å². The van der Waals surface area contributed by atoms with E-state index < -0.39 is 0 Å². The van der Waals surface area contributed by atoms with Crippen LogP contribution in [0.1, 0.15) is 32.6 Å². The SMILES string of the molecule is Cc1nc(-c2ccc(NC(=O)CCC(C)(C)N)cc2)co1. The van der Waals surface area contributed by atoms with Crippen LogP contribution < -0.4 is 11.1 Å². The number of hydrogen-bond donors (Lipinski definition) is 2. The average Bonchev–Trinajstić information content (AvgIpc) is 2.83. The van der Waals surface area contributed by atoms with Gasteiger partial charge >= 0.3 is 0 Å². The predicted octanol–water partition coefficient (Wildman–Crippen LogP) is 3.11. The van der Waals surface area contributed by atoms with E-state index in [1.165, 1.54) is 0 Å². The van der Waals surface area contributed by atoms with Crippen LogP contribution in [0.4, 0.5) is 5.69 Å². The Hall–Kier alpha value is -2.14. The lowest BCUT2D eigenvalue weighted by molar-refractivity contribution is -0.116. The Bertz CT molecular complexity index is 609. The summed E-state index contributed by atoms with van der Waals surface area (Å²) in [4.78, 5) is 16.1. The molecular weight excluding hydrogens is 266 g/mol. The molecule has 0 aliphatic rings. The Morgan fingerprint density at radius 1 is 1.33 bits per heavy atom. The molecule has 21 heavy (non-hydrogen) atoms. The zero-order chi connectivity index (χ0) is 15.5. The van der Waals surface area contributed by atoms with Gasteiger partial charge in [0.2, 0.25) is 5.91 Å². The fourth-order valence-corrected chi connectivity index (χ4v) is 1.88. The van der Waals surface area contributed by atoms with Crippen LogP contribution in [-0.2, 0) is 4.79 Å². The minimum atomic E-state index is -0.327. The first kappa shape index (κ1) is 15.3. The molecule has 0 saturated carbocycles. The quantitative estimate of drug-likeness (QED) is 0.885. The summed E-state index contributed by atoms with van der Waals surface area (Å²) in [6.45, 7) is 5.63. The fourth-order valence-electron chi connectivity index (χ4n) is 1.88. The van der Waals surface area contributed by atoms with Crippen LogP contribution in [0.3, 0.4) is 0 Å². The molecule has 1 aromatic carbocycles. The average molecular weight is 287 g/mol. The highest BCUT2D eigenvalue weighted by molar-refractivity contribution is 5.91. The highest BCUT2D eigenvalue weighted by atomic mass is 16.3. The van der Waals surface area contributed by atoms with Gasteiger partial charge in [0, 0.05) is 30.1 Å². The summed E-state index contributed by atoms with van der Waals surface area (Å²) in [6.07, 6.45) is 2.68. The number of anilines is 1. The molecule has 0 spiro atoms. The van der Waals surface area contributed by atoms with Crippen molar-refractivity contribution in [1.29, 1.82) is 0 Å². The molecule has 0 saturated heterocycles. The fraction of sp³-hybridized carbons (Fsp3) is 0.375. The maximum Gasteiger partial charge on any atom is 0.224 e. The first-order chi connectivity index (χ1) is 9.83. The van der Waals surface area contributed by atoms with Gasteiger partial charge in [-0.2, -0.15) is 0 Å². The second-order valence-corrected chi connectivity index (χ2v) is 5.87. The van der Waals surface area contributed by atoms with Gasteiger partial charge in [-0.1, -0.05) is 12.1 Å². The van der Waals surface area contributed by atoms with Crippen LogP contribution in [0, 0.1) is 6.92 Å². The van der Waals surface area contributed by atoms with Crippen LogP contribution in [0.2, 0.25) is 0 Å². The summed E-state index contributed by atoms with van der Waals surface area (Å²) in [5.74, 6) is 0.602. The molecule has 1 heterocycles. The standard InChI is InChI=1S/C16H21N3O2/c1-11-18-14(10-21-11)12-4-6-13(7-5-12)19-15(20)8-9-16(2,3)17/h4-7,10H,8-9,17H2,1-3H3,(H,19,20). The van der Waals surface area contributed by atoms with Gasteiger partial charge in [0.25, 0.3) is 0 Å². The molecule has 1 amide bonds. The van der Waals surface area contributed by atoms with Crippen molar-refractivity contribution in [1.82, 2.24) is 4.98 Å². The van der Waals surface area contributed by atoms with E-state index in [1.807, 2.05) is 38.1 Å². The van der Waals surface area contributed by atoms with Crippen molar-refractivity contribution in [2.75, 3.05) is 5.32 Å². The van der Waals surface area contributed by atoms with E-state index in [-0.39, 0.29) is 11.4 Å². The zero-order valence-corrected chi connectivity index (χ0v) is 12.6. The summed E-state index contributed by atoms with van der Waals surface area (Å²) < 4.78 is 5.18. The van der Waals surface area contributed by atoms with Gasteiger partial charge in [-0.15, -0.1) is 0 Å². The number of hydrogen-bond acceptors (Lipinski definition) is 4. The molecule has 1 aromatic heterocycles. The molecule has 0 bridgehead atoms. The second kappa shape index (κ2) is 6.10. The van der Waals surface area contributed by atoms with E-state index in [0.29, 0.717) is 18.7 Å². The third-order valence-corrected chi connectivity index (χ3v) is 3.08. The van der Waals surface area contributed by atoms with Crippen molar-refractivity contribution in [2.45, 2.75) is 39.2 Å². The number of rotatable bonds is 5. The normalized spacial score (nSPS) is 11.4. The van der Waals surface area contributed by atoms with Gasteiger partial charge in [-0.25, -0.2) is 4.98 Å². The molecule has 112 valence electrons. The molecule has 0 fully saturated rings. The number of nitrogens with one attached hydrogen (secondary N) is 1. The van der Waals surface area contributed by atoms with E-state index in [4.69, 9.17) is 10.2 Å². The zero-order valence-electron chi connectivity index (χ0n) is 12.6. The van der Waals surface area contributed by atoms with E-state index >= 15 is 0 Å². The van der Waals surface area contributed by atoms with Crippen molar-refractivity contribution >= 4 is 11.6 Å². The number of aryl methyl sites for hydroxylation is 1. The summed E-state index contributed by atoms with van der Waals surface area (Å²) in [7, 11) is 0. The lowest BCUT2D eigenvalue weighted by Gasteiger charge is -2.17. The van der Waals surface area contributed by atoms with Crippen LogP contribution >= 0.6 is 0 Å². The number of nitrogens with zero attached hydrogens (tertiary/aromatic N) is 1. The second-order valence-electron chi connectivity index (χ2n) is 5.87. The number of benzene rings is 1. The molecule has 0 aliphatic carbocycles. The smallest absolute Gasteiger partial charge is 0.224 e. The van der Waals surface area contributed by atoms with Crippen LogP contribution in [0.25, 0.3) is 11.3 Å². The Morgan fingerprint density at radius 3 is 2.52 bits per heavy atom. The summed E-state index contributed by atoms with van der Waals surface area (Å²) >= 11 is 0. The summed E-state index contributed by atoms with van der Waals surface area (Å²) in [6, 6.07) is 7.51. The van der Waals surface area contributed by atoms with Gasteiger partial charge in [0.05, 0.1) is 0 Å². The van der Waals surface area contributed by atoms with Crippen LogP contribution in [0.15, 0.2) is 34.9 Å². The number of amides is 1. The molecule has 3 N–H and O–H groups in total. The topological polar surface area (TPSA) is 81.2 Å². The predicted molar refractivity (Wildman–Crippen MR) is 82.8 cm³/mol. The molecule has 5 heteroatoms. The maximum atomic E-state index is 11.8. The third-order valence-electron chi connectivity index (χ3n) is 3.08. The minimum Gasteiger partial charge on any atom is -0.449 e. The number of nitrogens with two attached hydrogens (primary N) is 1. The van der Waals surface area contributed by atoms with E-state index in [1.54, 1.807) is 13.2 Å². The molecule has 0 radical (unpaired) electrons. The molecule has 0 atom stereocenters. The van der Waals surface area contributed by atoms with Crippen LogP contribution in [0.5, 0.6) is 0 Å². The van der Waals surface area contributed by atoms with Crippen molar-refractivity contribution in [3.05, 3.63) is 36.4 Å². The molecule has 2 aromatic rings. The van der Waals surface area contributed by atoms with Gasteiger partial charge in [0.15, 0.2) is 5.89 Å². The van der Waals surface area contributed by atoms with E-state index in [0.717, 1.165) is 16.9 Å². The number of carbonyl (C=O) groups is 1. The van der Waals surface area contributed by atoms with E-state index in [2.05, 4.69) is 10.3 Å². The van der Waals surface area contributed by atoms with Crippen molar-refractivity contribution in [2.24, 2.45) is 5.73 Å². The first-order valence-corrected chi connectivity index (χ1v) is 6.95. The lowest BCUT2D eigenvalue weighted by atomic mass is 10.00. The summed E-state index contributed by atoms with van der Waals surface area (Å²) in [5, 5.41) is 2.86. The van der Waals surface area contributed by atoms with Gasteiger partial charge in [-0.3, -0.25) is 4.79 Å². The van der Waals surface area contributed by atoms with Crippen molar-refractivity contribution < 1.29 is 9.21 Å². The van der Waals surface area contributed by atoms with Crippen LogP contribution in [-0.4, -0.2) is 16.4 Å². The number of oxazole rings is 1. The van der Waals surface area contributed by atoms with Gasteiger partial charge in [0.1, 0.15) is 12.0 Å². The van der Waals surface area contributed by atoms with E-state index in [9.17, 15) is 4.79 Å². The Labute approximate surface area is 124 Å². The number of aromatic nitrogens is 1. The van der Waals surface area contributed by atoms with Gasteiger partial charge in [-0.05, 0) is 32.4 Å². The Morgan fingerprint density at radius 2 is 2.00 bits per heavy atom. The molecular formula is C16H21N3O2. The van der Waals surface area contributed by atoms with Crippen molar-refractivity contribution in [3.63, 3.8) is 0 Å². The molecule has 0 unspecified atom stereocenters. The molecule has 0 aliphatic heterocycles. The molecule has 5 nitrogen and oxygen atoms in total. The highest BCUT2D eigenvalue weighted by Gasteiger charge is 2.13. The number of carbonyl (C=O) groups excluding carboxylic acids is 1. The third kappa shape index (κ3) is 4.72. The minimum absolute atomic E-state index is 0.0291. The van der Waals surface area contributed by atoms with Crippen molar-refractivity contribution in [3.8, 4) is 11.3 Å². The highest BCUT2D eigenvalue weighted by Crippen LogP contribution is 2.21. The Balaban J connectivity index is 1.95. The summed E-state index contributed by atoms with van der Waals surface area (Å²) in [5.41, 5.74) is 8.04. The lowest BCUT2D eigenvalue weighted by Crippen LogP contribution is -2.33. The first-order valence-electron chi connectivity index (χ1n) is 6.95. The monoisotopic (exact) mass is 287 g/mol.